The number of carbonyl (C=O) groups is 1. The number of aromatic nitrogens is 2. The van der Waals surface area contributed by atoms with Crippen molar-refractivity contribution in [3.05, 3.63) is 6.33 Å². The average molecular weight is 262 g/mol. The lowest BCUT2D eigenvalue weighted by atomic mass is 9.73. The Hall–Kier alpha value is -1.85. The molecule has 0 saturated heterocycles. The second-order valence-electron chi connectivity index (χ2n) is 5.26. The molecule has 0 radical (unpaired) electrons. The molecule has 0 unspecified atom stereocenters. The summed E-state index contributed by atoms with van der Waals surface area (Å²) in [5.74, 6) is 1.10. The monoisotopic (exact) mass is 262 g/mol. The number of hydrogen-bond acceptors (Lipinski definition) is 5. The molecule has 102 valence electrons. The zero-order valence-electron chi connectivity index (χ0n) is 11.0. The van der Waals surface area contributed by atoms with Gasteiger partial charge in [0.05, 0.1) is 12.5 Å². The standard InChI is InChI=1S/C13H18N4O2/c1-19-11-9-10(15-8-16-11)14-7-13(12(18)17-9)5-3-2-4-6-13/h8H,2-7H2,1H3,(H,17,18)(H,14,15,16). The number of hydrogen-bond donors (Lipinski definition) is 2. The van der Waals surface area contributed by atoms with E-state index in [1.807, 2.05) is 0 Å². The Bertz CT molecular complexity index is 497. The van der Waals surface area contributed by atoms with Crippen LogP contribution in [0.1, 0.15) is 32.1 Å². The van der Waals surface area contributed by atoms with E-state index in [9.17, 15) is 4.79 Å². The Morgan fingerprint density at radius 2 is 2.05 bits per heavy atom. The van der Waals surface area contributed by atoms with Gasteiger partial charge in [0.1, 0.15) is 12.0 Å². The number of nitrogens with zero attached hydrogens (tertiary/aromatic N) is 2. The van der Waals surface area contributed by atoms with Crippen molar-refractivity contribution in [1.82, 2.24) is 9.97 Å². The van der Waals surface area contributed by atoms with E-state index < -0.39 is 0 Å². The second kappa shape index (κ2) is 4.68. The van der Waals surface area contributed by atoms with Gasteiger partial charge in [-0.25, -0.2) is 4.98 Å². The minimum atomic E-state index is -0.316. The van der Waals surface area contributed by atoms with Crippen LogP contribution < -0.4 is 15.4 Å². The summed E-state index contributed by atoms with van der Waals surface area (Å²) in [5, 5.41) is 6.23. The van der Waals surface area contributed by atoms with Gasteiger partial charge < -0.3 is 15.4 Å². The number of anilines is 2. The molecular weight excluding hydrogens is 244 g/mol. The van der Waals surface area contributed by atoms with Crippen molar-refractivity contribution in [3.63, 3.8) is 0 Å². The molecule has 1 aliphatic heterocycles. The van der Waals surface area contributed by atoms with Crippen molar-refractivity contribution < 1.29 is 9.53 Å². The van der Waals surface area contributed by atoms with Gasteiger partial charge in [-0.3, -0.25) is 4.79 Å². The zero-order chi connectivity index (χ0) is 13.3. The van der Waals surface area contributed by atoms with Gasteiger partial charge in [0.15, 0.2) is 5.82 Å². The summed E-state index contributed by atoms with van der Waals surface area (Å²) in [5.41, 5.74) is 0.238. The summed E-state index contributed by atoms with van der Waals surface area (Å²) in [7, 11) is 1.54. The van der Waals surface area contributed by atoms with Crippen molar-refractivity contribution in [2.24, 2.45) is 5.41 Å². The van der Waals surface area contributed by atoms with E-state index in [-0.39, 0.29) is 11.3 Å². The third kappa shape index (κ3) is 2.01. The maximum Gasteiger partial charge on any atom is 0.242 e. The van der Waals surface area contributed by atoms with E-state index in [0.717, 1.165) is 25.7 Å². The van der Waals surface area contributed by atoms with Crippen molar-refractivity contribution in [2.45, 2.75) is 32.1 Å². The van der Waals surface area contributed by atoms with Gasteiger partial charge in [-0.2, -0.15) is 4.98 Å². The number of fused-ring (bicyclic) bond motifs is 1. The molecule has 6 nitrogen and oxygen atoms in total. The topological polar surface area (TPSA) is 76.1 Å². The minimum Gasteiger partial charge on any atom is -0.479 e. The lowest BCUT2D eigenvalue weighted by Gasteiger charge is -2.34. The Balaban J connectivity index is 1.95. The molecule has 0 bridgehead atoms. The third-order valence-electron chi connectivity index (χ3n) is 4.13. The molecule has 1 amide bonds. The van der Waals surface area contributed by atoms with Crippen LogP contribution in [-0.4, -0.2) is 29.5 Å². The van der Waals surface area contributed by atoms with E-state index in [1.54, 1.807) is 0 Å². The first-order chi connectivity index (χ1) is 9.25. The predicted molar refractivity (Wildman–Crippen MR) is 71.2 cm³/mol. The van der Waals surface area contributed by atoms with Crippen molar-refractivity contribution in [2.75, 3.05) is 24.3 Å². The van der Waals surface area contributed by atoms with Gasteiger partial charge in [-0.05, 0) is 12.8 Å². The number of rotatable bonds is 1. The number of nitrogens with one attached hydrogen (secondary N) is 2. The molecule has 1 aliphatic carbocycles. The summed E-state index contributed by atoms with van der Waals surface area (Å²) in [6, 6.07) is 0. The van der Waals surface area contributed by atoms with Crippen LogP contribution >= 0.6 is 0 Å². The molecule has 0 aromatic carbocycles. The smallest absolute Gasteiger partial charge is 0.242 e. The molecule has 2 aliphatic rings. The fourth-order valence-electron chi connectivity index (χ4n) is 2.98. The molecular formula is C13H18N4O2. The first-order valence-electron chi connectivity index (χ1n) is 6.69. The molecule has 1 aromatic heterocycles. The van der Waals surface area contributed by atoms with E-state index in [0.29, 0.717) is 23.9 Å². The van der Waals surface area contributed by atoms with Crippen LogP contribution in [0.15, 0.2) is 6.33 Å². The van der Waals surface area contributed by atoms with Gasteiger partial charge in [-0.15, -0.1) is 0 Å². The lowest BCUT2D eigenvalue weighted by Crippen LogP contribution is -2.41. The Morgan fingerprint density at radius 3 is 2.79 bits per heavy atom. The molecule has 1 fully saturated rings. The molecule has 1 spiro atoms. The average Bonchev–Trinajstić information content (AvgIpc) is 2.58. The van der Waals surface area contributed by atoms with Crippen LogP contribution in [0.5, 0.6) is 5.88 Å². The summed E-state index contributed by atoms with van der Waals surface area (Å²) >= 11 is 0. The largest absolute Gasteiger partial charge is 0.479 e. The normalized spacial score (nSPS) is 21.0. The van der Waals surface area contributed by atoms with Gasteiger partial charge in [-0.1, -0.05) is 19.3 Å². The first kappa shape index (κ1) is 12.2. The number of carbonyl (C=O) groups excluding carboxylic acids is 1. The molecule has 1 saturated carbocycles. The quantitative estimate of drug-likeness (QED) is 0.807. The molecule has 3 rings (SSSR count). The fraction of sp³-hybridized carbons (Fsp3) is 0.615. The van der Waals surface area contributed by atoms with Gasteiger partial charge in [0.25, 0.3) is 0 Å². The second-order valence-corrected chi connectivity index (χ2v) is 5.26. The Kier molecular flexibility index (Phi) is 3.00. The van der Waals surface area contributed by atoms with E-state index in [4.69, 9.17) is 4.74 Å². The Morgan fingerprint density at radius 1 is 1.26 bits per heavy atom. The maximum absolute atomic E-state index is 12.6. The van der Waals surface area contributed by atoms with Crippen molar-refractivity contribution in [1.29, 1.82) is 0 Å². The van der Waals surface area contributed by atoms with Gasteiger partial charge in [0.2, 0.25) is 11.8 Å². The van der Waals surface area contributed by atoms with Crippen LogP contribution in [0, 0.1) is 5.41 Å². The highest BCUT2D eigenvalue weighted by Crippen LogP contribution is 2.41. The highest BCUT2D eigenvalue weighted by molar-refractivity contribution is 6.00. The predicted octanol–water partition coefficient (Wildman–Crippen LogP) is 1.80. The van der Waals surface area contributed by atoms with Crippen molar-refractivity contribution >= 4 is 17.4 Å². The number of ether oxygens (including phenoxy) is 1. The van der Waals surface area contributed by atoms with Gasteiger partial charge in [0, 0.05) is 6.54 Å². The highest BCUT2D eigenvalue weighted by atomic mass is 16.5. The summed E-state index contributed by atoms with van der Waals surface area (Å²) < 4.78 is 5.19. The number of methoxy groups -OCH3 is 1. The summed E-state index contributed by atoms with van der Waals surface area (Å²) in [4.78, 5) is 20.8. The summed E-state index contributed by atoms with van der Waals surface area (Å²) in [6.07, 6.45) is 6.72. The number of amides is 1. The van der Waals surface area contributed by atoms with Crippen LogP contribution in [0.4, 0.5) is 11.5 Å². The van der Waals surface area contributed by atoms with E-state index in [2.05, 4.69) is 20.6 Å². The molecule has 19 heavy (non-hydrogen) atoms. The van der Waals surface area contributed by atoms with Crippen LogP contribution in [0.25, 0.3) is 0 Å². The van der Waals surface area contributed by atoms with Crippen molar-refractivity contribution in [3.8, 4) is 5.88 Å². The summed E-state index contributed by atoms with van der Waals surface area (Å²) in [6.45, 7) is 0.631. The van der Waals surface area contributed by atoms with Crippen LogP contribution in [-0.2, 0) is 4.79 Å². The molecule has 1 aromatic rings. The van der Waals surface area contributed by atoms with E-state index >= 15 is 0 Å². The first-order valence-corrected chi connectivity index (χ1v) is 6.69. The SMILES string of the molecule is COc1ncnc2c1NC(=O)C1(CCCCC1)CN2. The fourth-order valence-corrected chi connectivity index (χ4v) is 2.98. The lowest BCUT2D eigenvalue weighted by molar-refractivity contribution is -0.126. The van der Waals surface area contributed by atoms with Crippen LogP contribution in [0.2, 0.25) is 0 Å². The van der Waals surface area contributed by atoms with Gasteiger partial charge >= 0.3 is 0 Å². The third-order valence-corrected chi connectivity index (χ3v) is 4.13. The molecule has 2 N–H and O–H groups in total. The Labute approximate surface area is 112 Å². The highest BCUT2D eigenvalue weighted by Gasteiger charge is 2.42. The minimum absolute atomic E-state index is 0.0616. The maximum atomic E-state index is 12.6. The molecule has 6 heteroatoms. The van der Waals surface area contributed by atoms with Crippen LogP contribution in [0.3, 0.4) is 0 Å². The molecule has 0 atom stereocenters. The zero-order valence-corrected chi connectivity index (χ0v) is 11.0. The molecule has 2 heterocycles. The van der Waals surface area contributed by atoms with E-state index in [1.165, 1.54) is 19.9 Å².